The fourth-order valence-corrected chi connectivity index (χ4v) is 6.89. The van der Waals surface area contributed by atoms with Gasteiger partial charge in [-0.25, -0.2) is 4.79 Å². The van der Waals surface area contributed by atoms with Crippen molar-refractivity contribution in [3.05, 3.63) is 83.9 Å². The van der Waals surface area contributed by atoms with E-state index in [1.165, 1.54) is 18.9 Å². The molecule has 1 fully saturated rings. The number of amides is 1. The van der Waals surface area contributed by atoms with Gasteiger partial charge < -0.3 is 19.3 Å². The first-order chi connectivity index (χ1) is 18.9. The van der Waals surface area contributed by atoms with E-state index in [0.29, 0.717) is 13.1 Å². The maximum Gasteiger partial charge on any atom is 0.332 e. The number of aryl methyl sites for hydroxylation is 1. The summed E-state index contributed by atoms with van der Waals surface area (Å²) < 4.78 is 9.44. The minimum absolute atomic E-state index is 0.216. The molecule has 8 heteroatoms. The van der Waals surface area contributed by atoms with Gasteiger partial charge in [-0.3, -0.25) is 9.69 Å². The van der Waals surface area contributed by atoms with Crippen molar-refractivity contribution < 1.29 is 19.1 Å². The van der Waals surface area contributed by atoms with Crippen LogP contribution in [0.4, 0.5) is 11.4 Å². The van der Waals surface area contributed by atoms with Gasteiger partial charge in [-0.05, 0) is 36.8 Å². The van der Waals surface area contributed by atoms with Crippen LogP contribution in [-0.2, 0) is 20.7 Å². The summed E-state index contributed by atoms with van der Waals surface area (Å²) in [7, 11) is 3.06. The SMILES string of the molecule is COC(=O)C1(Cc2cccc(C)c2)Sc2ccccc2N(CCN2CCN(c3ccccc3OC)CC2)C1=O. The van der Waals surface area contributed by atoms with E-state index >= 15 is 0 Å². The van der Waals surface area contributed by atoms with Gasteiger partial charge in [-0.2, -0.15) is 0 Å². The maximum absolute atomic E-state index is 14.2. The number of carbonyl (C=O) groups is 2. The Morgan fingerprint density at radius 1 is 0.897 bits per heavy atom. The van der Waals surface area contributed by atoms with E-state index in [9.17, 15) is 9.59 Å². The molecule has 2 heterocycles. The van der Waals surface area contributed by atoms with E-state index in [0.717, 1.165) is 59.3 Å². The summed E-state index contributed by atoms with van der Waals surface area (Å²) in [5.41, 5.74) is 3.98. The molecule has 1 atom stereocenters. The quantitative estimate of drug-likeness (QED) is 0.307. The summed E-state index contributed by atoms with van der Waals surface area (Å²) in [4.78, 5) is 35.0. The predicted molar refractivity (Wildman–Crippen MR) is 156 cm³/mol. The van der Waals surface area contributed by atoms with Crippen molar-refractivity contribution in [3.63, 3.8) is 0 Å². The number of hydrogen-bond donors (Lipinski definition) is 0. The largest absolute Gasteiger partial charge is 0.495 e. The summed E-state index contributed by atoms with van der Waals surface area (Å²) >= 11 is 1.31. The number of nitrogens with zero attached hydrogens (tertiary/aromatic N) is 3. The third-order valence-corrected chi connectivity index (χ3v) is 8.92. The van der Waals surface area contributed by atoms with Crippen molar-refractivity contribution in [1.82, 2.24) is 4.90 Å². The van der Waals surface area contributed by atoms with E-state index in [1.54, 1.807) is 12.0 Å². The van der Waals surface area contributed by atoms with Crippen LogP contribution in [-0.4, -0.2) is 75.0 Å². The second-order valence-corrected chi connectivity index (χ2v) is 11.4. The molecule has 204 valence electrons. The minimum Gasteiger partial charge on any atom is -0.495 e. The number of para-hydroxylation sites is 3. The van der Waals surface area contributed by atoms with Crippen molar-refractivity contribution in [2.24, 2.45) is 0 Å². The lowest BCUT2D eigenvalue weighted by Crippen LogP contribution is -2.58. The summed E-state index contributed by atoms with van der Waals surface area (Å²) in [6.07, 6.45) is 0.271. The van der Waals surface area contributed by atoms with Crippen LogP contribution >= 0.6 is 11.8 Å². The molecule has 2 aliphatic heterocycles. The number of fused-ring (bicyclic) bond motifs is 1. The number of benzene rings is 3. The molecule has 0 N–H and O–H groups in total. The predicted octanol–water partition coefficient (Wildman–Crippen LogP) is 4.42. The molecule has 0 saturated carbocycles. The zero-order valence-electron chi connectivity index (χ0n) is 22.8. The Labute approximate surface area is 234 Å². The average molecular weight is 546 g/mol. The number of ether oxygens (including phenoxy) is 2. The third kappa shape index (κ3) is 5.49. The Hall–Kier alpha value is -3.49. The lowest BCUT2D eigenvalue weighted by Gasteiger charge is -2.42. The number of hydrogen-bond acceptors (Lipinski definition) is 7. The fraction of sp³-hybridized carbons (Fsp3) is 0.355. The van der Waals surface area contributed by atoms with Crippen molar-refractivity contribution in [2.75, 3.05) is 63.3 Å². The monoisotopic (exact) mass is 545 g/mol. The van der Waals surface area contributed by atoms with Crippen LogP contribution in [0.2, 0.25) is 0 Å². The average Bonchev–Trinajstić information content (AvgIpc) is 2.97. The molecule has 7 nitrogen and oxygen atoms in total. The Kier molecular flexibility index (Phi) is 8.14. The van der Waals surface area contributed by atoms with E-state index in [-0.39, 0.29) is 12.3 Å². The first kappa shape index (κ1) is 27.1. The molecule has 2 aliphatic rings. The lowest BCUT2D eigenvalue weighted by atomic mass is 9.95. The Bertz CT molecular complexity index is 1340. The van der Waals surface area contributed by atoms with E-state index in [1.807, 2.05) is 73.7 Å². The molecule has 0 spiro atoms. The molecule has 3 aromatic rings. The van der Waals surface area contributed by atoms with Gasteiger partial charge in [0.15, 0.2) is 0 Å². The molecule has 3 aromatic carbocycles. The molecular formula is C31H35N3O4S. The molecule has 0 bridgehead atoms. The minimum atomic E-state index is -1.38. The number of methoxy groups -OCH3 is 2. The Balaban J connectivity index is 1.35. The molecule has 0 radical (unpaired) electrons. The van der Waals surface area contributed by atoms with Crippen LogP contribution < -0.4 is 14.5 Å². The van der Waals surface area contributed by atoms with Gasteiger partial charge in [0.2, 0.25) is 4.75 Å². The molecular weight excluding hydrogens is 510 g/mol. The number of piperazine rings is 1. The summed E-state index contributed by atoms with van der Waals surface area (Å²) in [5, 5.41) is 0. The van der Waals surface area contributed by atoms with Crippen LogP contribution in [0.3, 0.4) is 0 Å². The second kappa shape index (κ2) is 11.7. The van der Waals surface area contributed by atoms with Gasteiger partial charge in [0.25, 0.3) is 5.91 Å². The molecule has 1 amide bonds. The normalized spacial score (nSPS) is 19.5. The number of thioether (sulfide) groups is 1. The molecule has 0 aliphatic carbocycles. The highest BCUT2D eigenvalue weighted by Crippen LogP contribution is 2.47. The van der Waals surface area contributed by atoms with E-state index in [2.05, 4.69) is 15.9 Å². The van der Waals surface area contributed by atoms with Crippen molar-refractivity contribution in [3.8, 4) is 5.75 Å². The van der Waals surface area contributed by atoms with Gasteiger partial charge in [0.1, 0.15) is 5.75 Å². The highest BCUT2D eigenvalue weighted by atomic mass is 32.2. The number of carbonyl (C=O) groups excluding carboxylic acids is 2. The highest BCUT2D eigenvalue weighted by Gasteiger charge is 2.54. The summed E-state index contributed by atoms with van der Waals surface area (Å²) in [6.45, 7) is 6.73. The standard InChI is InChI=1S/C31H35N3O4S/c1-23-9-8-10-24(21-23)22-31(30(36)38-3)29(35)34(26-12-5-7-14-28(26)39-31)20-17-32-15-18-33(19-16-32)25-11-4-6-13-27(25)37-2/h4-14,21H,15-20,22H2,1-3H3. The van der Waals surface area contributed by atoms with Gasteiger partial charge in [-0.1, -0.05) is 65.9 Å². The van der Waals surface area contributed by atoms with E-state index in [4.69, 9.17) is 9.47 Å². The van der Waals surface area contributed by atoms with Gasteiger partial charge in [0, 0.05) is 50.6 Å². The maximum atomic E-state index is 14.2. The molecule has 5 rings (SSSR count). The smallest absolute Gasteiger partial charge is 0.332 e. The second-order valence-electron chi connectivity index (χ2n) is 10.0. The summed E-state index contributed by atoms with van der Waals surface area (Å²) in [6, 6.07) is 23.9. The first-order valence-electron chi connectivity index (χ1n) is 13.3. The van der Waals surface area contributed by atoms with Gasteiger partial charge in [0.05, 0.1) is 25.6 Å². The Morgan fingerprint density at radius 3 is 2.33 bits per heavy atom. The molecule has 0 aromatic heterocycles. The zero-order chi connectivity index (χ0) is 27.4. The van der Waals surface area contributed by atoms with Crippen molar-refractivity contribution >= 4 is 35.0 Å². The van der Waals surface area contributed by atoms with Crippen molar-refractivity contribution in [2.45, 2.75) is 23.0 Å². The number of rotatable bonds is 8. The number of esters is 1. The van der Waals surface area contributed by atoms with Crippen LogP contribution in [0.15, 0.2) is 77.7 Å². The fourth-order valence-electron chi connectivity index (χ4n) is 5.48. The molecule has 1 unspecified atom stereocenters. The van der Waals surface area contributed by atoms with Crippen LogP contribution in [0.5, 0.6) is 5.75 Å². The summed E-state index contributed by atoms with van der Waals surface area (Å²) in [5.74, 6) is 0.155. The zero-order valence-corrected chi connectivity index (χ0v) is 23.6. The van der Waals surface area contributed by atoms with Gasteiger partial charge in [-0.15, -0.1) is 0 Å². The Morgan fingerprint density at radius 2 is 1.62 bits per heavy atom. The van der Waals surface area contributed by atoms with Crippen LogP contribution in [0, 0.1) is 6.92 Å². The van der Waals surface area contributed by atoms with E-state index < -0.39 is 10.7 Å². The van der Waals surface area contributed by atoms with Crippen LogP contribution in [0.1, 0.15) is 11.1 Å². The third-order valence-electron chi connectivity index (χ3n) is 7.52. The first-order valence-corrected chi connectivity index (χ1v) is 14.1. The molecule has 39 heavy (non-hydrogen) atoms. The van der Waals surface area contributed by atoms with Gasteiger partial charge >= 0.3 is 5.97 Å². The highest BCUT2D eigenvalue weighted by molar-refractivity contribution is 8.02. The van der Waals surface area contributed by atoms with Crippen LogP contribution in [0.25, 0.3) is 0 Å². The number of anilines is 2. The topological polar surface area (TPSA) is 62.3 Å². The molecule has 1 saturated heterocycles. The van der Waals surface area contributed by atoms with Crippen molar-refractivity contribution in [1.29, 1.82) is 0 Å². The lowest BCUT2D eigenvalue weighted by molar-refractivity contribution is -0.147.